The summed E-state index contributed by atoms with van der Waals surface area (Å²) in [6, 6.07) is 14.1. The molecule has 1 heterocycles. The first-order valence-corrected chi connectivity index (χ1v) is 7.23. The van der Waals surface area contributed by atoms with Crippen molar-refractivity contribution in [3.05, 3.63) is 71.0 Å². The lowest BCUT2D eigenvalue weighted by Crippen LogP contribution is -1.94. The van der Waals surface area contributed by atoms with Crippen LogP contribution in [0.1, 0.15) is 11.3 Å². The molecule has 1 aromatic heterocycles. The van der Waals surface area contributed by atoms with Gasteiger partial charge in [-0.25, -0.2) is 4.79 Å². The van der Waals surface area contributed by atoms with Gasteiger partial charge in [0.1, 0.15) is 17.1 Å². The first-order chi connectivity index (χ1) is 11.1. The van der Waals surface area contributed by atoms with E-state index < -0.39 is 5.97 Å². The van der Waals surface area contributed by atoms with Crippen LogP contribution in [0.3, 0.4) is 0 Å². The zero-order chi connectivity index (χ0) is 16.4. The third-order valence-corrected chi connectivity index (χ3v) is 3.65. The normalized spacial score (nSPS) is 11.7. The Morgan fingerprint density at radius 2 is 1.91 bits per heavy atom. The molecule has 0 fully saturated rings. The second-order valence-electron chi connectivity index (χ2n) is 4.92. The number of benzene rings is 2. The maximum absolute atomic E-state index is 11.2. The van der Waals surface area contributed by atoms with Crippen molar-refractivity contribution in [2.75, 3.05) is 7.11 Å². The fourth-order valence-electron chi connectivity index (χ4n) is 2.34. The molecule has 0 atom stereocenters. The Morgan fingerprint density at radius 1 is 1.17 bits per heavy atom. The molecule has 0 unspecified atom stereocenters. The second-order valence-corrected chi connectivity index (χ2v) is 5.35. The van der Waals surface area contributed by atoms with Gasteiger partial charge in [-0.2, -0.15) is 0 Å². The van der Waals surface area contributed by atoms with Crippen LogP contribution in [0, 0.1) is 0 Å². The van der Waals surface area contributed by atoms with Gasteiger partial charge >= 0.3 is 5.97 Å². The lowest BCUT2D eigenvalue weighted by atomic mass is 10.0. The topological polar surface area (TPSA) is 59.7 Å². The highest BCUT2D eigenvalue weighted by Crippen LogP contribution is 2.31. The Labute approximate surface area is 137 Å². The van der Waals surface area contributed by atoms with Crippen LogP contribution in [0.5, 0.6) is 5.75 Å². The first-order valence-electron chi connectivity index (χ1n) is 6.85. The minimum Gasteiger partial charge on any atom is -0.497 e. The van der Waals surface area contributed by atoms with Crippen molar-refractivity contribution < 1.29 is 19.1 Å². The molecule has 5 heteroatoms. The summed E-state index contributed by atoms with van der Waals surface area (Å²) in [5.74, 6) is 0.115. The van der Waals surface area contributed by atoms with Crippen LogP contribution in [0.2, 0.25) is 5.02 Å². The Hall–Kier alpha value is -2.72. The molecular formula is C18H13ClO4. The van der Waals surface area contributed by atoms with Crippen LogP contribution in [0.4, 0.5) is 0 Å². The van der Waals surface area contributed by atoms with E-state index >= 15 is 0 Å². The smallest absolute Gasteiger partial charge is 0.329 e. The summed E-state index contributed by atoms with van der Waals surface area (Å²) in [7, 11) is 1.58. The highest BCUT2D eigenvalue weighted by molar-refractivity contribution is 6.31. The second kappa shape index (κ2) is 6.18. The standard InChI is InChI=1S/C18H13ClO4/c1-22-14-5-2-11(3-6-14)15(10-18(20)21)17-9-12-8-13(19)4-7-16(12)23-17/h2-10H,1H3,(H,20,21). The minimum absolute atomic E-state index is 0.467. The van der Waals surface area contributed by atoms with E-state index in [0.29, 0.717) is 27.7 Å². The van der Waals surface area contributed by atoms with Gasteiger partial charge in [-0.1, -0.05) is 23.7 Å². The summed E-state index contributed by atoms with van der Waals surface area (Å²) in [5.41, 5.74) is 1.85. The fraction of sp³-hybridized carbons (Fsp3) is 0.0556. The molecule has 0 bridgehead atoms. The van der Waals surface area contributed by atoms with Crippen LogP contribution in [-0.4, -0.2) is 18.2 Å². The summed E-state index contributed by atoms with van der Waals surface area (Å²) < 4.78 is 10.9. The molecule has 4 nitrogen and oxygen atoms in total. The van der Waals surface area contributed by atoms with Crippen molar-refractivity contribution in [2.45, 2.75) is 0 Å². The molecule has 0 aliphatic heterocycles. The van der Waals surface area contributed by atoms with E-state index in [0.717, 1.165) is 17.0 Å². The van der Waals surface area contributed by atoms with Crippen molar-refractivity contribution >= 4 is 34.1 Å². The van der Waals surface area contributed by atoms with E-state index in [1.54, 1.807) is 55.6 Å². The Morgan fingerprint density at radius 3 is 2.57 bits per heavy atom. The molecule has 0 spiro atoms. The van der Waals surface area contributed by atoms with E-state index in [9.17, 15) is 4.79 Å². The first kappa shape index (κ1) is 15.2. The average molecular weight is 329 g/mol. The van der Waals surface area contributed by atoms with Gasteiger partial charge in [-0.3, -0.25) is 0 Å². The van der Waals surface area contributed by atoms with Crippen molar-refractivity contribution in [3.8, 4) is 5.75 Å². The molecule has 0 radical (unpaired) electrons. The number of ether oxygens (including phenoxy) is 1. The van der Waals surface area contributed by atoms with Gasteiger partial charge in [0.05, 0.1) is 7.11 Å². The maximum Gasteiger partial charge on any atom is 0.329 e. The molecule has 3 rings (SSSR count). The molecule has 23 heavy (non-hydrogen) atoms. The van der Waals surface area contributed by atoms with E-state index in [1.165, 1.54) is 0 Å². The third kappa shape index (κ3) is 3.22. The number of aliphatic carboxylic acids is 1. The molecule has 0 aliphatic rings. The number of fused-ring (bicyclic) bond motifs is 1. The molecule has 3 aromatic rings. The van der Waals surface area contributed by atoms with Crippen LogP contribution < -0.4 is 4.74 Å². The van der Waals surface area contributed by atoms with E-state index in [2.05, 4.69) is 0 Å². The number of methoxy groups -OCH3 is 1. The lowest BCUT2D eigenvalue weighted by Gasteiger charge is -2.05. The number of hydrogen-bond acceptors (Lipinski definition) is 3. The lowest BCUT2D eigenvalue weighted by molar-refractivity contribution is -0.131. The quantitative estimate of drug-likeness (QED) is 0.710. The van der Waals surface area contributed by atoms with Crippen molar-refractivity contribution in [3.63, 3.8) is 0 Å². The van der Waals surface area contributed by atoms with Gasteiger partial charge in [0.25, 0.3) is 0 Å². The summed E-state index contributed by atoms with van der Waals surface area (Å²) >= 11 is 5.98. The Balaban J connectivity index is 2.12. The number of halogens is 1. The maximum atomic E-state index is 11.2. The van der Waals surface area contributed by atoms with Crippen molar-refractivity contribution in [2.24, 2.45) is 0 Å². The zero-order valence-corrected chi connectivity index (χ0v) is 13.0. The number of furan rings is 1. The highest BCUT2D eigenvalue weighted by Gasteiger charge is 2.13. The predicted molar refractivity (Wildman–Crippen MR) is 88.9 cm³/mol. The average Bonchev–Trinajstić information content (AvgIpc) is 2.95. The predicted octanol–water partition coefficient (Wildman–Crippen LogP) is 4.61. The van der Waals surface area contributed by atoms with Crippen LogP contribution in [0.15, 0.2) is 59.0 Å². The SMILES string of the molecule is COc1ccc(C(=CC(=O)O)c2cc3cc(Cl)ccc3o2)cc1. The third-order valence-electron chi connectivity index (χ3n) is 3.41. The molecule has 0 aliphatic carbocycles. The number of rotatable bonds is 4. The van der Waals surface area contributed by atoms with Gasteiger partial charge in [0.15, 0.2) is 0 Å². The van der Waals surface area contributed by atoms with Gasteiger partial charge in [0, 0.05) is 22.1 Å². The molecule has 116 valence electrons. The van der Waals surface area contributed by atoms with Crippen molar-refractivity contribution in [1.82, 2.24) is 0 Å². The highest BCUT2D eigenvalue weighted by atomic mass is 35.5. The van der Waals surface area contributed by atoms with Crippen LogP contribution in [0.25, 0.3) is 16.5 Å². The minimum atomic E-state index is -1.05. The Kier molecular flexibility index (Phi) is 4.08. The van der Waals surface area contributed by atoms with Gasteiger partial charge < -0.3 is 14.3 Å². The monoisotopic (exact) mass is 328 g/mol. The van der Waals surface area contributed by atoms with Crippen LogP contribution in [-0.2, 0) is 4.79 Å². The van der Waals surface area contributed by atoms with E-state index in [-0.39, 0.29) is 0 Å². The molecule has 0 amide bonds. The summed E-state index contributed by atoms with van der Waals surface area (Å²) in [6.45, 7) is 0. The van der Waals surface area contributed by atoms with Crippen molar-refractivity contribution in [1.29, 1.82) is 0 Å². The van der Waals surface area contributed by atoms with Gasteiger partial charge in [-0.05, 0) is 42.0 Å². The number of carboxylic acid groups (broad SMARTS) is 1. The van der Waals surface area contributed by atoms with Crippen LogP contribution >= 0.6 is 11.6 Å². The molecule has 2 aromatic carbocycles. The molecular weight excluding hydrogens is 316 g/mol. The summed E-state index contributed by atoms with van der Waals surface area (Å²) in [6.07, 6.45) is 1.13. The largest absolute Gasteiger partial charge is 0.497 e. The van der Waals surface area contributed by atoms with Gasteiger partial charge in [-0.15, -0.1) is 0 Å². The summed E-state index contributed by atoms with van der Waals surface area (Å²) in [5, 5.41) is 10.6. The number of hydrogen-bond donors (Lipinski definition) is 1. The van der Waals surface area contributed by atoms with Gasteiger partial charge in [0.2, 0.25) is 0 Å². The van der Waals surface area contributed by atoms with E-state index in [4.69, 9.17) is 25.9 Å². The molecule has 1 N–H and O–H groups in total. The number of carboxylic acids is 1. The molecule has 0 saturated carbocycles. The fourth-order valence-corrected chi connectivity index (χ4v) is 2.52. The zero-order valence-electron chi connectivity index (χ0n) is 12.2. The summed E-state index contributed by atoms with van der Waals surface area (Å²) in [4.78, 5) is 11.2. The van der Waals surface area contributed by atoms with E-state index in [1.807, 2.05) is 0 Å². The molecule has 0 saturated heterocycles. The Bertz CT molecular complexity index is 891. The number of carbonyl (C=O) groups is 1.